The summed E-state index contributed by atoms with van der Waals surface area (Å²) < 4.78 is 24.3. The van der Waals surface area contributed by atoms with Gasteiger partial charge in [-0.15, -0.1) is 0 Å². The van der Waals surface area contributed by atoms with Gasteiger partial charge < -0.3 is 49.5 Å². The number of aryl methyl sites for hydroxylation is 1. The van der Waals surface area contributed by atoms with Crippen LogP contribution in [0.4, 0.5) is 11.4 Å². The lowest BCUT2D eigenvalue weighted by Crippen LogP contribution is -2.81. The van der Waals surface area contributed by atoms with Crippen LogP contribution >= 0.6 is 0 Å². The van der Waals surface area contributed by atoms with E-state index in [-0.39, 0.29) is 30.2 Å². The van der Waals surface area contributed by atoms with Crippen molar-refractivity contribution in [2.45, 2.75) is 113 Å². The van der Waals surface area contributed by atoms with Gasteiger partial charge in [-0.3, -0.25) is 24.1 Å². The summed E-state index contributed by atoms with van der Waals surface area (Å²) in [5.41, 5.74) is -0.0436. The Bertz CT molecular complexity index is 2930. The molecule has 1 aromatic heterocycles. The molecule has 2 saturated heterocycles. The molecule has 0 radical (unpaired) electrons. The van der Waals surface area contributed by atoms with Crippen molar-refractivity contribution < 1.29 is 48.0 Å². The number of nitrogens with one attached hydrogen (secondary N) is 3. The van der Waals surface area contributed by atoms with Crippen molar-refractivity contribution in [1.29, 1.82) is 0 Å². The molecule has 5 aliphatic heterocycles. The van der Waals surface area contributed by atoms with Crippen LogP contribution in [0.2, 0.25) is 0 Å². The average molecular weight is 985 g/mol. The molecule has 3 aromatic carbocycles. The highest BCUT2D eigenvalue weighted by Crippen LogP contribution is 2.68. The van der Waals surface area contributed by atoms with Gasteiger partial charge in [-0.2, -0.15) is 0 Å². The van der Waals surface area contributed by atoms with Crippen molar-refractivity contribution in [1.82, 2.24) is 20.1 Å². The first-order valence-electron chi connectivity index (χ1n) is 25.4. The van der Waals surface area contributed by atoms with Crippen molar-refractivity contribution in [3.8, 4) is 5.75 Å². The molecule has 10 rings (SSSR count). The Balaban J connectivity index is 1.19. The Morgan fingerprint density at radius 1 is 0.903 bits per heavy atom. The number of carbonyl (C=O) groups excluding carboxylic acids is 5. The number of anilines is 2. The fourth-order valence-corrected chi connectivity index (χ4v) is 15.1. The number of amides is 2. The summed E-state index contributed by atoms with van der Waals surface area (Å²) in [6, 6.07) is 16.1. The number of methoxy groups -OCH3 is 3. The maximum atomic E-state index is 15.8. The molecular formula is C56H68N6O10. The van der Waals surface area contributed by atoms with Crippen LogP contribution in [0.5, 0.6) is 5.75 Å². The Kier molecular flexibility index (Phi) is 12.2. The minimum Gasteiger partial charge on any atom is -0.496 e. The van der Waals surface area contributed by atoms with Crippen LogP contribution in [0.1, 0.15) is 98.1 Å². The number of carbonyl (C=O) groups is 5. The van der Waals surface area contributed by atoms with Gasteiger partial charge in [-0.1, -0.05) is 50.3 Å². The van der Waals surface area contributed by atoms with E-state index >= 15 is 4.79 Å². The number of rotatable bonds is 10. The molecule has 3 fully saturated rings. The van der Waals surface area contributed by atoms with Crippen molar-refractivity contribution in [2.75, 3.05) is 71.3 Å². The Morgan fingerprint density at radius 3 is 2.36 bits per heavy atom. The van der Waals surface area contributed by atoms with Gasteiger partial charge in [0.25, 0.3) is 5.91 Å². The van der Waals surface area contributed by atoms with Crippen LogP contribution in [0, 0.1) is 18.3 Å². The Labute approximate surface area is 420 Å². The van der Waals surface area contributed by atoms with E-state index < -0.39 is 57.4 Å². The number of ether oxygens (including phenoxy) is 4. The highest BCUT2D eigenvalue weighted by atomic mass is 16.6. The van der Waals surface area contributed by atoms with E-state index in [9.17, 15) is 24.3 Å². The monoisotopic (exact) mass is 984 g/mol. The van der Waals surface area contributed by atoms with Crippen molar-refractivity contribution in [3.05, 3.63) is 100 Å². The predicted molar refractivity (Wildman–Crippen MR) is 271 cm³/mol. The molecule has 6 heterocycles. The van der Waals surface area contributed by atoms with Crippen molar-refractivity contribution in [3.63, 3.8) is 0 Å². The molecule has 1 saturated carbocycles. The number of esters is 3. The first kappa shape index (κ1) is 49.4. The zero-order chi connectivity index (χ0) is 51.3. The van der Waals surface area contributed by atoms with Gasteiger partial charge in [0.2, 0.25) is 11.5 Å². The van der Waals surface area contributed by atoms with E-state index in [4.69, 9.17) is 18.9 Å². The van der Waals surface area contributed by atoms with Crippen LogP contribution < -0.4 is 20.3 Å². The average Bonchev–Trinajstić information content (AvgIpc) is 4.03. The van der Waals surface area contributed by atoms with Gasteiger partial charge in [0.15, 0.2) is 6.10 Å². The van der Waals surface area contributed by atoms with Crippen molar-refractivity contribution in [2.24, 2.45) is 11.3 Å². The predicted octanol–water partition coefficient (Wildman–Crippen LogP) is 5.70. The maximum Gasteiger partial charge on any atom is 0.344 e. The fourth-order valence-electron chi connectivity index (χ4n) is 15.1. The van der Waals surface area contributed by atoms with Crippen LogP contribution in [-0.4, -0.2) is 140 Å². The summed E-state index contributed by atoms with van der Waals surface area (Å²) >= 11 is 0. The summed E-state index contributed by atoms with van der Waals surface area (Å²) in [5, 5.41) is 20.8. The largest absolute Gasteiger partial charge is 0.496 e. The van der Waals surface area contributed by atoms with Crippen LogP contribution in [0.3, 0.4) is 0 Å². The highest BCUT2D eigenvalue weighted by molar-refractivity contribution is 5.98. The molecule has 1 aliphatic carbocycles. The zero-order valence-corrected chi connectivity index (χ0v) is 42.9. The molecule has 16 nitrogen and oxygen atoms in total. The van der Waals surface area contributed by atoms with E-state index in [0.29, 0.717) is 98.8 Å². The molecule has 72 heavy (non-hydrogen) atoms. The third kappa shape index (κ3) is 6.98. The minimum atomic E-state index is -2.35. The van der Waals surface area contributed by atoms with Gasteiger partial charge in [0.05, 0.1) is 32.9 Å². The van der Waals surface area contributed by atoms with Crippen molar-refractivity contribution >= 4 is 52.0 Å². The van der Waals surface area contributed by atoms with E-state index in [0.717, 1.165) is 27.6 Å². The number of hydrogen-bond donors (Lipinski definition) is 4. The summed E-state index contributed by atoms with van der Waals surface area (Å²) in [7, 11) is 6.12. The third-order valence-electron chi connectivity index (χ3n) is 17.8. The number of para-hydroxylation sites is 1. The number of piperidine rings is 1. The molecule has 10 atom stereocenters. The second kappa shape index (κ2) is 17.8. The van der Waals surface area contributed by atoms with Crippen LogP contribution in [0.25, 0.3) is 10.9 Å². The second-order valence-corrected chi connectivity index (χ2v) is 21.4. The van der Waals surface area contributed by atoms with E-state index in [1.165, 1.54) is 28.1 Å². The number of H-pyrrole nitrogens is 1. The van der Waals surface area contributed by atoms with Crippen LogP contribution in [-0.2, 0) is 50.6 Å². The molecule has 16 heteroatoms. The number of aliphatic hydroxyl groups is 1. The van der Waals surface area contributed by atoms with Gasteiger partial charge in [-0.25, -0.2) is 4.79 Å². The topological polar surface area (TPSA) is 192 Å². The number of nitrogens with zero attached hydrogens (tertiary/aromatic N) is 3. The van der Waals surface area contributed by atoms with Gasteiger partial charge in [0.1, 0.15) is 11.2 Å². The summed E-state index contributed by atoms with van der Waals surface area (Å²) in [5.74, 6) is -2.25. The molecule has 382 valence electrons. The first-order chi connectivity index (χ1) is 34.4. The standard InChI is InChI=1S/C56H68N6O10/c1-10-52(59-46(65)36-18-17-32(3)42(25-36)57-33(4)63)28-35-29-55(50(66)70-8,45-38(19-23-61(30-35)31-52)37-15-12-13-16-41(37)58-45)40-26-39-43(27-44(40)69-7)60(6)48-54(39)21-24-62-22-14-20-53(11-2,47(54)62)49(72-34(5)64)56(48,68)51(67)71-9/h12-18,20,25-27,35,47-49,58,68H,10-11,19,21-24,28-31H2,1-9H3,(H,57,63)(H,59,65)/t35-,47+,48-,49-,52+,53-,54-,55+,56+/m1/s1. The third-order valence-corrected chi connectivity index (χ3v) is 17.8. The lowest BCUT2D eigenvalue weighted by Gasteiger charge is -2.63. The first-order valence-corrected chi connectivity index (χ1v) is 25.4. The van der Waals surface area contributed by atoms with Crippen LogP contribution in [0.15, 0.2) is 66.7 Å². The number of aromatic nitrogens is 1. The smallest absolute Gasteiger partial charge is 0.344 e. The molecule has 4 N–H and O–H groups in total. The summed E-state index contributed by atoms with van der Waals surface area (Å²) in [6.45, 7) is 11.8. The van der Waals surface area contributed by atoms with Gasteiger partial charge in [-0.05, 0) is 98.9 Å². The molecule has 2 bridgehead atoms. The molecule has 1 unspecified atom stereocenters. The SMILES string of the molecule is CC[C@]1(NC(=O)c2ccc(C)c(NC(C)=O)c2)C[C@H]2CN(CCc3c([nH]c4ccccc34)[C@@](C(=O)OC)(c3cc4c(cc3OC)N(C)[C@H]3[C@@](O)(C(=O)OC)[C@H](OC(C)=O)[C@]5(CC)C=CCN6CC[C@]43[C@@H]65)C2)C1. The number of benzene rings is 3. The molecular weight excluding hydrogens is 917 g/mol. The normalized spacial score (nSPS) is 32.2. The minimum absolute atomic E-state index is 0.184. The molecule has 6 aliphatic rings. The molecule has 4 aromatic rings. The number of aromatic amines is 1. The summed E-state index contributed by atoms with van der Waals surface area (Å²) in [4.78, 5) is 80.6. The molecule has 2 amide bonds. The van der Waals surface area contributed by atoms with E-state index in [2.05, 4.69) is 44.5 Å². The summed E-state index contributed by atoms with van der Waals surface area (Å²) in [6.07, 6.45) is 5.74. The number of fused-ring (bicyclic) bond motifs is 6. The zero-order valence-electron chi connectivity index (χ0n) is 42.9. The highest BCUT2D eigenvalue weighted by Gasteiger charge is 2.80. The number of likely N-dealkylation sites (N-methyl/N-ethyl adjacent to an activating group) is 1. The second-order valence-electron chi connectivity index (χ2n) is 21.4. The maximum absolute atomic E-state index is 15.8. The van der Waals surface area contributed by atoms with Gasteiger partial charge in [0, 0.05) is 109 Å². The fraction of sp³-hybridized carbons (Fsp3) is 0.518. The van der Waals surface area contributed by atoms with Gasteiger partial charge >= 0.3 is 17.9 Å². The van der Waals surface area contributed by atoms with E-state index in [1.807, 2.05) is 68.3 Å². The Hall–Kier alpha value is -6.23. The van der Waals surface area contributed by atoms with E-state index in [1.54, 1.807) is 19.2 Å². The molecule has 1 spiro atoms. The lowest BCUT2D eigenvalue weighted by atomic mass is 9.47. The lowest BCUT2D eigenvalue weighted by molar-refractivity contribution is -0.228. The number of hydrogen-bond acceptors (Lipinski definition) is 13. The Morgan fingerprint density at radius 2 is 1.67 bits per heavy atom. The quantitative estimate of drug-likeness (QED) is 0.0862.